The van der Waals surface area contributed by atoms with E-state index >= 15 is 0 Å². The van der Waals surface area contributed by atoms with E-state index in [0.717, 1.165) is 12.8 Å². The molecule has 0 amide bonds. The molecule has 0 saturated heterocycles. The van der Waals surface area contributed by atoms with Crippen molar-refractivity contribution in [2.24, 2.45) is 5.92 Å². The Balaban J connectivity index is 0. The Kier molecular flexibility index (Phi) is 14.7. The molecule has 1 atom stereocenters. The van der Waals surface area contributed by atoms with Gasteiger partial charge in [0.25, 0.3) is 0 Å². The van der Waals surface area contributed by atoms with Crippen molar-refractivity contribution >= 4 is 5.43 Å². The van der Waals surface area contributed by atoms with Crippen LogP contribution >= 0.6 is 0 Å². The summed E-state index contributed by atoms with van der Waals surface area (Å²) in [6, 6.07) is 0. The van der Waals surface area contributed by atoms with Crippen LogP contribution in [0.2, 0.25) is 13.1 Å². The van der Waals surface area contributed by atoms with Crippen molar-refractivity contribution in [1.29, 1.82) is 0 Å². The summed E-state index contributed by atoms with van der Waals surface area (Å²) in [5, 5.41) is 0. The third kappa shape index (κ3) is 7.04. The van der Waals surface area contributed by atoms with Gasteiger partial charge in [0.15, 0.2) is 0 Å². The topological polar surface area (TPSA) is 0 Å². The summed E-state index contributed by atoms with van der Waals surface area (Å²) >= 11 is 1.74. The van der Waals surface area contributed by atoms with Crippen LogP contribution in [0.25, 0.3) is 0 Å². The normalized spacial score (nSPS) is 18.8. The van der Waals surface area contributed by atoms with E-state index in [-0.39, 0.29) is 30.2 Å². The molecule has 0 heterocycles. The average molecular weight is 434 g/mol. The molecule has 0 aliphatic heterocycles. The summed E-state index contributed by atoms with van der Waals surface area (Å²) in [5.41, 5.74) is 6.31. The number of hydrogen-bond acceptors (Lipinski definition) is 0. The van der Waals surface area contributed by atoms with Crippen LogP contribution in [0.15, 0.2) is 40.5 Å². The molecule has 22 heavy (non-hydrogen) atoms. The van der Waals surface area contributed by atoms with Crippen LogP contribution in [-0.2, 0) is 23.3 Å². The maximum atomic E-state index is 3.72. The molecule has 122 valence electrons. The van der Waals surface area contributed by atoms with Crippen molar-refractivity contribution in [1.82, 2.24) is 0 Å². The summed E-state index contributed by atoms with van der Waals surface area (Å²) in [7, 11) is 0. The zero-order valence-corrected chi connectivity index (χ0v) is 19.4. The quantitative estimate of drug-likeness (QED) is 0.416. The van der Waals surface area contributed by atoms with E-state index in [2.05, 4.69) is 58.2 Å². The fraction of sp³-hybridized carbons (Fsp3) is 0.556. The van der Waals surface area contributed by atoms with E-state index in [1.165, 1.54) is 24.0 Å². The van der Waals surface area contributed by atoms with Crippen molar-refractivity contribution in [2.75, 3.05) is 0 Å². The van der Waals surface area contributed by atoms with Crippen molar-refractivity contribution in [2.45, 2.75) is 59.5 Å². The number of hydrogen-bond donors (Lipinski definition) is 0. The van der Waals surface area contributed by atoms with Gasteiger partial charge < -0.3 is 24.8 Å². The average Bonchev–Trinajstić information content (AvgIpc) is 3.03. The van der Waals surface area contributed by atoms with Gasteiger partial charge in [0.2, 0.25) is 0 Å². The van der Waals surface area contributed by atoms with E-state index in [1.54, 1.807) is 34.5 Å². The van der Waals surface area contributed by atoms with Crippen molar-refractivity contribution in [3.8, 4) is 0 Å². The van der Waals surface area contributed by atoms with Crippen molar-refractivity contribution < 1.29 is 48.1 Å². The molecule has 4 heteroatoms. The largest absolute Gasteiger partial charge is 1.00 e. The Morgan fingerprint density at radius 1 is 1.18 bits per heavy atom. The molecule has 0 nitrogen and oxygen atoms in total. The Bertz CT molecular complexity index is 483. The monoisotopic (exact) mass is 431 g/mol. The molecular weight excluding hydrogens is 406 g/mol. The summed E-state index contributed by atoms with van der Waals surface area (Å²) < 4.78 is 0. The first-order valence-electron chi connectivity index (χ1n) is 7.78. The van der Waals surface area contributed by atoms with E-state index in [1.807, 2.05) is 0 Å². The molecule has 0 N–H and O–H groups in total. The molecule has 0 aromatic rings. The van der Waals surface area contributed by atoms with Gasteiger partial charge in [-0.15, -0.1) is 17.2 Å². The van der Waals surface area contributed by atoms with Crippen LogP contribution < -0.4 is 24.8 Å². The van der Waals surface area contributed by atoms with Crippen LogP contribution in [-0.4, -0.2) is 5.43 Å². The van der Waals surface area contributed by atoms with Gasteiger partial charge in [-0.25, -0.2) is 0 Å². The second-order valence-electron chi connectivity index (χ2n) is 5.52. The molecule has 1 unspecified atom stereocenters. The molecule has 2 aliphatic carbocycles. The summed E-state index contributed by atoms with van der Waals surface area (Å²) in [4.78, 5) is 0. The number of rotatable bonds is 4. The minimum absolute atomic E-state index is 0. The molecule has 0 fully saturated rings. The summed E-state index contributed by atoms with van der Waals surface area (Å²) in [5.74, 6) is 0.580. The van der Waals surface area contributed by atoms with E-state index in [9.17, 15) is 0 Å². The minimum Gasteiger partial charge on any atom is -1.00 e. The zero-order chi connectivity index (χ0) is 15.1. The van der Waals surface area contributed by atoms with Crippen LogP contribution in [0.1, 0.15) is 46.5 Å². The van der Waals surface area contributed by atoms with Gasteiger partial charge >= 0.3 is 41.9 Å². The third-order valence-corrected chi connectivity index (χ3v) is 3.66. The van der Waals surface area contributed by atoms with Crippen LogP contribution in [0.4, 0.5) is 0 Å². The second kappa shape index (κ2) is 13.0. The first-order chi connectivity index (χ1) is 9.54. The second-order valence-corrected chi connectivity index (χ2v) is 14.9. The summed E-state index contributed by atoms with van der Waals surface area (Å²) in [6.07, 6.45) is 15.0. The van der Waals surface area contributed by atoms with Gasteiger partial charge in [-0.3, -0.25) is 0 Å². The maximum Gasteiger partial charge on any atom is -1.00 e. The SMILES string of the molecule is CCC1=C(CC)C(CC)[C-]=C1C1=CC=CC1.C[Si](C)=[Zr+2].[Cl-].[Cl-]. The predicted molar refractivity (Wildman–Crippen MR) is 87.5 cm³/mol. The molecule has 0 aromatic heterocycles. The molecule has 2 aliphatic rings. The Hall–Kier alpha value is 0.640. The molecule has 0 saturated carbocycles. The summed E-state index contributed by atoms with van der Waals surface area (Å²) in [6.45, 7) is 11.4. The van der Waals surface area contributed by atoms with Crippen molar-refractivity contribution in [3.63, 3.8) is 0 Å². The molecule has 0 spiro atoms. The van der Waals surface area contributed by atoms with Crippen LogP contribution in [0.5, 0.6) is 0 Å². The third-order valence-electron chi connectivity index (χ3n) is 3.66. The Morgan fingerprint density at radius 2 is 1.77 bits per heavy atom. The first kappa shape index (κ1) is 24.9. The van der Waals surface area contributed by atoms with Crippen LogP contribution in [0, 0.1) is 12.0 Å². The molecule has 2 rings (SSSR count). The number of halogens is 2. The standard InChI is InChI=1S/C16H21.C2H6Si.2ClH.Zr/c1-4-12-11-16(13-9-7-8-10-13)15(6-3)14(12)5-2;1-3-2;;;/h7-9,12H,4-6,10H2,1-3H3;1-2H3;2*1H;/q-1;;;;+2/p-2. The van der Waals surface area contributed by atoms with Gasteiger partial charge in [0, 0.05) is 0 Å². The maximum absolute atomic E-state index is 3.72. The molecule has 0 bridgehead atoms. The van der Waals surface area contributed by atoms with Crippen LogP contribution in [0.3, 0.4) is 0 Å². The number of allylic oxidation sites excluding steroid dienone is 8. The minimum atomic E-state index is 0. The smallest absolute Gasteiger partial charge is 1.00 e. The molecule has 0 aromatic carbocycles. The first-order valence-corrected chi connectivity index (χ1v) is 14.0. The van der Waals surface area contributed by atoms with E-state index < -0.39 is 0 Å². The predicted octanol–water partition coefficient (Wildman–Crippen LogP) is -0.449. The zero-order valence-electron chi connectivity index (χ0n) is 14.4. The van der Waals surface area contributed by atoms with Crippen molar-refractivity contribution in [3.05, 3.63) is 46.6 Å². The van der Waals surface area contributed by atoms with E-state index in [0.29, 0.717) is 5.92 Å². The van der Waals surface area contributed by atoms with Gasteiger partial charge in [-0.1, -0.05) is 58.1 Å². The molecular formula is C18H27Cl2SiZr-. The van der Waals surface area contributed by atoms with Gasteiger partial charge in [-0.2, -0.15) is 17.2 Å². The van der Waals surface area contributed by atoms with Gasteiger partial charge in [-0.05, 0) is 6.42 Å². The molecule has 0 radical (unpaired) electrons. The Labute approximate surface area is 164 Å². The van der Waals surface area contributed by atoms with E-state index in [4.69, 9.17) is 0 Å². The fourth-order valence-electron chi connectivity index (χ4n) is 2.85. The van der Waals surface area contributed by atoms with Gasteiger partial charge in [0.05, 0.1) is 0 Å². The Morgan fingerprint density at radius 3 is 2.14 bits per heavy atom. The fourth-order valence-corrected chi connectivity index (χ4v) is 2.85. The van der Waals surface area contributed by atoms with Gasteiger partial charge in [0.1, 0.15) is 0 Å².